The maximum atomic E-state index is 13.1. The molecule has 1 aliphatic rings. The smallest absolute Gasteiger partial charge is 0.270 e. The summed E-state index contributed by atoms with van der Waals surface area (Å²) in [5, 5.41) is 1.29. The van der Waals surface area contributed by atoms with E-state index in [9.17, 15) is 4.79 Å². The molecule has 4 rings (SSSR count). The Bertz CT molecular complexity index is 924. The molecule has 3 heterocycles. The lowest BCUT2D eigenvalue weighted by Crippen LogP contribution is -2.37. The summed E-state index contributed by atoms with van der Waals surface area (Å²) in [6.45, 7) is 3.21. The lowest BCUT2D eigenvalue weighted by molar-refractivity contribution is 0.0920. The number of fused-ring (bicyclic) bond motifs is 1. The summed E-state index contributed by atoms with van der Waals surface area (Å²) in [4.78, 5) is 20.2. The maximum absolute atomic E-state index is 13.1. The molecule has 1 unspecified atom stereocenters. The summed E-state index contributed by atoms with van der Waals surface area (Å²) in [5.41, 5.74) is 1.88. The average Bonchev–Trinajstić information content (AvgIpc) is 3.35. The number of nitrogens with zero attached hydrogens (tertiary/aromatic N) is 2. The van der Waals surface area contributed by atoms with Gasteiger partial charge in [0.05, 0.1) is 37.1 Å². The van der Waals surface area contributed by atoms with Gasteiger partial charge in [0.1, 0.15) is 0 Å². The number of hydrogen-bond donors (Lipinski definition) is 0. The van der Waals surface area contributed by atoms with Crippen molar-refractivity contribution in [3.63, 3.8) is 0 Å². The zero-order chi connectivity index (χ0) is 18.3. The van der Waals surface area contributed by atoms with Crippen LogP contribution in [0.5, 0.6) is 0 Å². The van der Waals surface area contributed by atoms with Gasteiger partial charge in [-0.3, -0.25) is 9.69 Å². The molecule has 0 aliphatic carbocycles. The van der Waals surface area contributed by atoms with Crippen molar-refractivity contribution in [2.75, 3.05) is 18.1 Å². The number of amides is 1. The number of thiazole rings is 1. The van der Waals surface area contributed by atoms with Crippen molar-refractivity contribution < 1.29 is 9.53 Å². The minimum atomic E-state index is -0.106. The summed E-state index contributed by atoms with van der Waals surface area (Å²) in [7, 11) is 0. The molecule has 1 aliphatic heterocycles. The zero-order valence-electron chi connectivity index (χ0n) is 14.0. The van der Waals surface area contributed by atoms with Crippen LogP contribution in [0, 0.1) is 6.92 Å². The first-order valence-corrected chi connectivity index (χ1v) is 10.7. The van der Waals surface area contributed by atoms with Gasteiger partial charge < -0.3 is 4.74 Å². The van der Waals surface area contributed by atoms with Gasteiger partial charge >= 0.3 is 0 Å². The van der Waals surface area contributed by atoms with Crippen LogP contribution >= 0.6 is 45.9 Å². The van der Waals surface area contributed by atoms with Gasteiger partial charge in [-0.25, -0.2) is 4.98 Å². The second-order valence-electron chi connectivity index (χ2n) is 6.19. The summed E-state index contributed by atoms with van der Waals surface area (Å²) in [6.07, 6.45) is 1.99. The molecule has 0 radical (unpaired) electrons. The standard InChI is InChI=1S/C18H16Cl2N2O2S2/c1-10-4-5-12(19)16-15(10)21-18(26-16)22(9-11-3-2-8-24-11)17(23)13-6-7-14(20)25-13/h4-7,11H,2-3,8-9H2,1H3. The van der Waals surface area contributed by atoms with Crippen molar-refractivity contribution in [3.8, 4) is 0 Å². The van der Waals surface area contributed by atoms with Gasteiger partial charge in [0.15, 0.2) is 5.13 Å². The number of thiophene rings is 1. The lowest BCUT2D eigenvalue weighted by atomic mass is 10.2. The van der Waals surface area contributed by atoms with Gasteiger partial charge in [-0.2, -0.15) is 0 Å². The fourth-order valence-corrected chi connectivity index (χ4v) is 5.32. The molecule has 1 amide bonds. The number of benzene rings is 1. The third-order valence-electron chi connectivity index (χ3n) is 4.36. The number of ether oxygens (including phenoxy) is 1. The van der Waals surface area contributed by atoms with Crippen LogP contribution in [0.15, 0.2) is 24.3 Å². The van der Waals surface area contributed by atoms with E-state index in [0.29, 0.717) is 25.9 Å². The Morgan fingerprint density at radius 2 is 2.15 bits per heavy atom. The van der Waals surface area contributed by atoms with Crippen molar-refractivity contribution in [1.29, 1.82) is 0 Å². The van der Waals surface area contributed by atoms with E-state index in [1.807, 2.05) is 19.1 Å². The molecule has 0 spiro atoms. The van der Waals surface area contributed by atoms with Crippen LogP contribution in [0.2, 0.25) is 9.36 Å². The van der Waals surface area contributed by atoms with Gasteiger partial charge in [0.25, 0.3) is 5.91 Å². The predicted octanol–water partition coefficient (Wildman–Crippen LogP) is 5.80. The molecule has 0 saturated carbocycles. The van der Waals surface area contributed by atoms with Crippen LogP contribution in [-0.4, -0.2) is 30.1 Å². The molecular weight excluding hydrogens is 411 g/mol. The van der Waals surface area contributed by atoms with Gasteiger partial charge in [-0.1, -0.05) is 40.6 Å². The number of aromatic nitrogens is 1. The van der Waals surface area contributed by atoms with E-state index in [-0.39, 0.29) is 12.0 Å². The van der Waals surface area contributed by atoms with Crippen molar-refractivity contribution in [3.05, 3.63) is 44.1 Å². The maximum Gasteiger partial charge on any atom is 0.270 e. The Hall–Kier alpha value is -1.18. The number of halogens is 2. The van der Waals surface area contributed by atoms with E-state index >= 15 is 0 Å². The Kier molecular flexibility index (Phi) is 5.21. The van der Waals surface area contributed by atoms with Crippen LogP contribution < -0.4 is 4.90 Å². The van der Waals surface area contributed by atoms with Crippen molar-refractivity contribution >= 4 is 67.1 Å². The molecule has 8 heteroatoms. The molecule has 2 aromatic heterocycles. The lowest BCUT2D eigenvalue weighted by Gasteiger charge is -2.22. The Morgan fingerprint density at radius 1 is 1.31 bits per heavy atom. The number of carbonyl (C=O) groups excluding carboxylic acids is 1. The SMILES string of the molecule is Cc1ccc(Cl)c2sc(N(CC3CCCO3)C(=O)c3ccc(Cl)s3)nc12. The van der Waals surface area contributed by atoms with Crippen molar-refractivity contribution in [1.82, 2.24) is 4.98 Å². The van der Waals surface area contributed by atoms with E-state index < -0.39 is 0 Å². The first-order valence-electron chi connectivity index (χ1n) is 8.27. The molecule has 1 atom stereocenters. The van der Waals surface area contributed by atoms with Gasteiger partial charge in [-0.05, 0) is 43.5 Å². The summed E-state index contributed by atoms with van der Waals surface area (Å²) in [6, 6.07) is 7.30. The average molecular weight is 427 g/mol. The van der Waals surface area contributed by atoms with Crippen LogP contribution in [0.4, 0.5) is 5.13 Å². The van der Waals surface area contributed by atoms with Crippen LogP contribution in [-0.2, 0) is 4.74 Å². The first-order chi connectivity index (χ1) is 12.5. The highest BCUT2D eigenvalue weighted by molar-refractivity contribution is 7.23. The van der Waals surface area contributed by atoms with E-state index in [0.717, 1.165) is 35.2 Å². The van der Waals surface area contributed by atoms with Crippen LogP contribution in [0.1, 0.15) is 28.1 Å². The number of anilines is 1. The molecule has 26 heavy (non-hydrogen) atoms. The Morgan fingerprint density at radius 3 is 2.81 bits per heavy atom. The Labute approximate surface area is 169 Å². The molecule has 0 bridgehead atoms. The third-order valence-corrected chi connectivity index (χ3v) is 7.11. The highest BCUT2D eigenvalue weighted by Gasteiger charge is 2.28. The second kappa shape index (κ2) is 7.44. The molecule has 1 aromatic carbocycles. The van der Waals surface area contributed by atoms with Crippen molar-refractivity contribution in [2.45, 2.75) is 25.9 Å². The second-order valence-corrected chi connectivity index (χ2v) is 9.29. The third kappa shape index (κ3) is 3.49. The molecule has 3 aromatic rings. The molecular formula is C18H16Cl2N2O2S2. The van der Waals surface area contributed by atoms with E-state index in [4.69, 9.17) is 32.9 Å². The molecule has 1 fully saturated rings. The minimum Gasteiger partial charge on any atom is -0.376 e. The number of rotatable bonds is 4. The van der Waals surface area contributed by atoms with E-state index in [2.05, 4.69) is 0 Å². The molecule has 0 N–H and O–H groups in total. The highest BCUT2D eigenvalue weighted by Crippen LogP contribution is 2.37. The van der Waals surface area contributed by atoms with Crippen LogP contribution in [0.3, 0.4) is 0 Å². The fraction of sp³-hybridized carbons (Fsp3) is 0.333. The summed E-state index contributed by atoms with van der Waals surface area (Å²) >= 11 is 15.1. The minimum absolute atomic E-state index is 0.0259. The normalized spacial score (nSPS) is 17.1. The number of hydrogen-bond acceptors (Lipinski definition) is 5. The summed E-state index contributed by atoms with van der Waals surface area (Å²) in [5.74, 6) is -0.106. The van der Waals surface area contributed by atoms with Crippen molar-refractivity contribution in [2.24, 2.45) is 0 Å². The van der Waals surface area contributed by atoms with Gasteiger partial charge in [0.2, 0.25) is 0 Å². The fourth-order valence-electron chi connectivity index (χ4n) is 3.01. The largest absolute Gasteiger partial charge is 0.376 e. The molecule has 4 nitrogen and oxygen atoms in total. The van der Waals surface area contributed by atoms with Gasteiger partial charge in [-0.15, -0.1) is 11.3 Å². The monoisotopic (exact) mass is 426 g/mol. The summed E-state index contributed by atoms with van der Waals surface area (Å²) < 4.78 is 7.24. The van der Waals surface area contributed by atoms with E-state index in [1.165, 1.54) is 22.7 Å². The number of aryl methyl sites for hydroxylation is 1. The first kappa shape index (κ1) is 18.2. The quantitative estimate of drug-likeness (QED) is 0.529. The Balaban J connectivity index is 1.75. The molecule has 136 valence electrons. The van der Waals surface area contributed by atoms with E-state index in [1.54, 1.807) is 17.0 Å². The zero-order valence-corrected chi connectivity index (χ0v) is 17.1. The predicted molar refractivity (Wildman–Crippen MR) is 109 cm³/mol. The topological polar surface area (TPSA) is 42.4 Å². The van der Waals surface area contributed by atoms with Gasteiger partial charge in [0, 0.05) is 6.61 Å². The van der Waals surface area contributed by atoms with Crippen LogP contribution in [0.25, 0.3) is 10.2 Å². The number of carbonyl (C=O) groups is 1. The highest BCUT2D eigenvalue weighted by atomic mass is 35.5. The molecule has 1 saturated heterocycles.